The molecule has 1 aromatic carbocycles. The van der Waals surface area contributed by atoms with Gasteiger partial charge in [-0.25, -0.2) is 0 Å². The van der Waals surface area contributed by atoms with E-state index in [1.54, 1.807) is 7.11 Å². The lowest BCUT2D eigenvalue weighted by Crippen LogP contribution is -2.14. The predicted molar refractivity (Wildman–Crippen MR) is 69.3 cm³/mol. The number of benzene rings is 1. The van der Waals surface area contributed by atoms with E-state index in [2.05, 4.69) is 45.1 Å². The van der Waals surface area contributed by atoms with Crippen LogP contribution < -0.4 is 10.1 Å². The van der Waals surface area contributed by atoms with Gasteiger partial charge >= 0.3 is 0 Å². The van der Waals surface area contributed by atoms with Gasteiger partial charge in [-0.15, -0.1) is 0 Å². The number of rotatable bonds is 4. The van der Waals surface area contributed by atoms with Gasteiger partial charge in [0.2, 0.25) is 0 Å². The Labute approximate surface area is 99.0 Å². The summed E-state index contributed by atoms with van der Waals surface area (Å²) >= 11 is 0. The van der Waals surface area contributed by atoms with E-state index in [0.717, 1.165) is 5.75 Å². The number of aryl methyl sites for hydroxylation is 1. The Bertz CT molecular complexity index is 358. The fraction of sp³-hybridized carbons (Fsp3) is 0.571. The van der Waals surface area contributed by atoms with Crippen molar-refractivity contribution in [3.05, 3.63) is 28.8 Å². The number of nitrogens with one attached hydrogen (secondary N) is 1. The fourth-order valence-electron chi connectivity index (χ4n) is 1.97. The molecule has 1 unspecified atom stereocenters. The van der Waals surface area contributed by atoms with E-state index < -0.39 is 0 Å². The number of methoxy groups -OCH3 is 1. The molecule has 1 N–H and O–H groups in total. The second-order valence-corrected chi connectivity index (χ2v) is 4.62. The topological polar surface area (TPSA) is 21.3 Å². The number of hydrogen-bond donors (Lipinski definition) is 1. The molecule has 0 amide bonds. The Balaban J connectivity index is 3.27. The van der Waals surface area contributed by atoms with Crippen LogP contribution in [0.5, 0.6) is 5.75 Å². The Kier molecular flexibility index (Phi) is 4.36. The summed E-state index contributed by atoms with van der Waals surface area (Å²) in [5.41, 5.74) is 3.92. The summed E-state index contributed by atoms with van der Waals surface area (Å²) in [5.74, 6) is 1.48. The molecule has 0 aliphatic heterocycles. The standard InChI is InChI=1S/C14H23NO/c1-9(2)12-8-13(11(4)15-5)10(3)7-14(12)16-6/h7-9,11,15H,1-6H3. The summed E-state index contributed by atoms with van der Waals surface area (Å²) < 4.78 is 5.44. The van der Waals surface area contributed by atoms with E-state index in [1.165, 1.54) is 16.7 Å². The lowest BCUT2D eigenvalue weighted by Gasteiger charge is -2.19. The minimum atomic E-state index is 0.378. The monoisotopic (exact) mass is 221 g/mol. The second-order valence-electron chi connectivity index (χ2n) is 4.62. The van der Waals surface area contributed by atoms with E-state index in [4.69, 9.17) is 4.74 Å². The molecule has 0 aromatic heterocycles. The van der Waals surface area contributed by atoms with Gasteiger partial charge in [0.1, 0.15) is 5.75 Å². The summed E-state index contributed by atoms with van der Waals surface area (Å²) in [6.45, 7) is 8.71. The second kappa shape index (κ2) is 5.35. The van der Waals surface area contributed by atoms with Gasteiger partial charge in [-0.2, -0.15) is 0 Å². The van der Waals surface area contributed by atoms with Gasteiger partial charge in [-0.1, -0.05) is 19.9 Å². The van der Waals surface area contributed by atoms with Crippen LogP contribution in [0.2, 0.25) is 0 Å². The van der Waals surface area contributed by atoms with Gasteiger partial charge in [-0.3, -0.25) is 0 Å². The van der Waals surface area contributed by atoms with Crippen LogP contribution in [-0.2, 0) is 0 Å². The van der Waals surface area contributed by atoms with Crippen molar-refractivity contribution >= 4 is 0 Å². The van der Waals surface area contributed by atoms with Gasteiger partial charge < -0.3 is 10.1 Å². The molecular formula is C14H23NO. The lowest BCUT2D eigenvalue weighted by atomic mass is 9.93. The molecule has 1 aromatic rings. The third-order valence-electron chi connectivity index (χ3n) is 3.14. The molecule has 1 rings (SSSR count). The lowest BCUT2D eigenvalue weighted by molar-refractivity contribution is 0.406. The van der Waals surface area contributed by atoms with Crippen LogP contribution >= 0.6 is 0 Å². The van der Waals surface area contributed by atoms with Crippen molar-refractivity contribution in [2.75, 3.05) is 14.2 Å². The molecule has 0 aliphatic rings. The van der Waals surface area contributed by atoms with Crippen LogP contribution in [0.25, 0.3) is 0 Å². The van der Waals surface area contributed by atoms with Gasteiger partial charge in [0.25, 0.3) is 0 Å². The fourth-order valence-corrected chi connectivity index (χ4v) is 1.97. The zero-order chi connectivity index (χ0) is 12.3. The van der Waals surface area contributed by atoms with Gasteiger partial charge in [-0.05, 0) is 49.6 Å². The molecule has 0 spiro atoms. The average Bonchev–Trinajstić information content (AvgIpc) is 2.27. The third-order valence-corrected chi connectivity index (χ3v) is 3.14. The van der Waals surface area contributed by atoms with Crippen LogP contribution in [0.3, 0.4) is 0 Å². The van der Waals surface area contributed by atoms with Crippen molar-refractivity contribution in [1.82, 2.24) is 5.32 Å². The summed E-state index contributed by atoms with van der Waals surface area (Å²) in [6, 6.07) is 4.78. The van der Waals surface area contributed by atoms with Crippen molar-refractivity contribution in [3.8, 4) is 5.75 Å². The minimum Gasteiger partial charge on any atom is -0.496 e. The first-order valence-electron chi connectivity index (χ1n) is 5.87. The Morgan fingerprint density at radius 1 is 1.12 bits per heavy atom. The normalized spacial score (nSPS) is 12.9. The highest BCUT2D eigenvalue weighted by atomic mass is 16.5. The van der Waals surface area contributed by atoms with E-state index >= 15 is 0 Å². The highest BCUT2D eigenvalue weighted by Gasteiger charge is 2.13. The van der Waals surface area contributed by atoms with Gasteiger partial charge in [0.05, 0.1) is 7.11 Å². The maximum atomic E-state index is 5.44. The molecule has 0 saturated carbocycles. The molecule has 0 bridgehead atoms. The molecular weight excluding hydrogens is 198 g/mol. The van der Waals surface area contributed by atoms with E-state index in [-0.39, 0.29) is 0 Å². The molecule has 0 aliphatic carbocycles. The van der Waals surface area contributed by atoms with Crippen LogP contribution in [0, 0.1) is 6.92 Å². The van der Waals surface area contributed by atoms with Gasteiger partial charge in [0.15, 0.2) is 0 Å². The quantitative estimate of drug-likeness (QED) is 0.841. The SMILES string of the molecule is CNC(C)c1cc(C(C)C)c(OC)cc1C. The van der Waals surface area contributed by atoms with Crippen molar-refractivity contribution in [2.45, 2.75) is 39.7 Å². The van der Waals surface area contributed by atoms with E-state index in [0.29, 0.717) is 12.0 Å². The molecule has 2 heteroatoms. The Morgan fingerprint density at radius 3 is 2.19 bits per heavy atom. The first-order chi connectivity index (χ1) is 7.51. The Morgan fingerprint density at radius 2 is 1.75 bits per heavy atom. The van der Waals surface area contributed by atoms with Crippen LogP contribution in [-0.4, -0.2) is 14.2 Å². The summed E-state index contributed by atoms with van der Waals surface area (Å²) in [6.07, 6.45) is 0. The highest BCUT2D eigenvalue weighted by molar-refractivity contribution is 5.44. The average molecular weight is 221 g/mol. The molecule has 90 valence electrons. The molecule has 2 nitrogen and oxygen atoms in total. The smallest absolute Gasteiger partial charge is 0.122 e. The molecule has 16 heavy (non-hydrogen) atoms. The maximum Gasteiger partial charge on any atom is 0.122 e. The van der Waals surface area contributed by atoms with E-state index in [9.17, 15) is 0 Å². The van der Waals surface area contributed by atoms with Gasteiger partial charge in [0, 0.05) is 6.04 Å². The van der Waals surface area contributed by atoms with Crippen molar-refractivity contribution < 1.29 is 4.74 Å². The largest absolute Gasteiger partial charge is 0.496 e. The van der Waals surface area contributed by atoms with E-state index in [1.807, 2.05) is 7.05 Å². The van der Waals surface area contributed by atoms with Crippen LogP contribution in [0.1, 0.15) is 49.4 Å². The molecule has 0 radical (unpaired) electrons. The third kappa shape index (κ3) is 2.56. The van der Waals surface area contributed by atoms with Crippen molar-refractivity contribution in [2.24, 2.45) is 0 Å². The van der Waals surface area contributed by atoms with Crippen LogP contribution in [0.15, 0.2) is 12.1 Å². The number of ether oxygens (including phenoxy) is 1. The zero-order valence-electron chi connectivity index (χ0n) is 11.2. The summed E-state index contributed by atoms with van der Waals surface area (Å²) in [4.78, 5) is 0. The maximum absolute atomic E-state index is 5.44. The minimum absolute atomic E-state index is 0.378. The molecule has 0 heterocycles. The molecule has 0 fully saturated rings. The number of hydrogen-bond acceptors (Lipinski definition) is 2. The Hall–Kier alpha value is -1.02. The van der Waals surface area contributed by atoms with Crippen molar-refractivity contribution in [1.29, 1.82) is 0 Å². The first kappa shape index (κ1) is 13.0. The molecule has 1 atom stereocenters. The highest BCUT2D eigenvalue weighted by Crippen LogP contribution is 2.31. The zero-order valence-corrected chi connectivity index (χ0v) is 11.2. The summed E-state index contributed by atoms with van der Waals surface area (Å²) in [5, 5.41) is 3.28. The first-order valence-corrected chi connectivity index (χ1v) is 5.87. The predicted octanol–water partition coefficient (Wildman–Crippen LogP) is 3.41. The van der Waals surface area contributed by atoms with Crippen LogP contribution in [0.4, 0.5) is 0 Å². The summed E-state index contributed by atoms with van der Waals surface area (Å²) in [7, 11) is 3.73. The molecule has 0 saturated heterocycles. The van der Waals surface area contributed by atoms with Crippen molar-refractivity contribution in [3.63, 3.8) is 0 Å².